The Balaban J connectivity index is 1.59. The van der Waals surface area contributed by atoms with E-state index in [2.05, 4.69) is 71.5 Å². The van der Waals surface area contributed by atoms with Gasteiger partial charge >= 0.3 is 0 Å². The lowest BCUT2D eigenvalue weighted by Gasteiger charge is -2.29. The maximum absolute atomic E-state index is 4.78. The number of nitrogens with zero attached hydrogens (tertiary/aromatic N) is 3. The van der Waals surface area contributed by atoms with Crippen molar-refractivity contribution in [1.29, 1.82) is 0 Å². The SMILES string of the molecule is CCc1cccc(C)c1Nc1nccc(N2CCc3ccccc3C2)n1. The maximum atomic E-state index is 4.78. The first-order chi connectivity index (χ1) is 12.7. The molecule has 0 spiro atoms. The first-order valence-corrected chi connectivity index (χ1v) is 9.25. The second-order valence-electron chi connectivity index (χ2n) is 6.77. The molecule has 3 aromatic rings. The van der Waals surface area contributed by atoms with Gasteiger partial charge < -0.3 is 10.2 Å². The Hall–Kier alpha value is -2.88. The van der Waals surface area contributed by atoms with E-state index in [1.807, 2.05) is 12.3 Å². The zero-order valence-corrected chi connectivity index (χ0v) is 15.4. The Kier molecular flexibility index (Phi) is 4.57. The number of hydrogen-bond acceptors (Lipinski definition) is 4. The Morgan fingerprint density at radius 1 is 1.04 bits per heavy atom. The fourth-order valence-corrected chi connectivity index (χ4v) is 3.59. The van der Waals surface area contributed by atoms with Crippen LogP contribution in [-0.2, 0) is 19.4 Å². The molecule has 0 amide bonds. The van der Waals surface area contributed by atoms with Crippen LogP contribution in [0, 0.1) is 6.92 Å². The standard InChI is InChI=1S/C22H24N4/c1-3-17-10-6-7-16(2)21(17)25-22-23-13-11-20(24-22)26-14-12-18-8-4-5-9-19(18)15-26/h4-11,13H,3,12,14-15H2,1-2H3,(H,23,24,25). The predicted molar refractivity (Wildman–Crippen MR) is 107 cm³/mol. The van der Waals surface area contributed by atoms with E-state index in [0.29, 0.717) is 5.95 Å². The molecule has 4 rings (SSSR count). The van der Waals surface area contributed by atoms with Gasteiger partial charge in [-0.1, -0.05) is 49.4 Å². The number of para-hydroxylation sites is 1. The molecule has 1 aliphatic rings. The van der Waals surface area contributed by atoms with Gasteiger partial charge in [-0.15, -0.1) is 0 Å². The van der Waals surface area contributed by atoms with E-state index in [4.69, 9.17) is 4.98 Å². The van der Waals surface area contributed by atoms with Crippen molar-refractivity contribution in [3.8, 4) is 0 Å². The van der Waals surface area contributed by atoms with E-state index < -0.39 is 0 Å². The number of nitrogens with one attached hydrogen (secondary N) is 1. The molecule has 0 atom stereocenters. The molecule has 132 valence electrons. The highest BCUT2D eigenvalue weighted by atomic mass is 15.2. The Morgan fingerprint density at radius 2 is 1.88 bits per heavy atom. The van der Waals surface area contributed by atoms with Crippen molar-refractivity contribution >= 4 is 17.5 Å². The molecule has 0 unspecified atom stereocenters. The summed E-state index contributed by atoms with van der Waals surface area (Å²) in [7, 11) is 0. The van der Waals surface area contributed by atoms with E-state index >= 15 is 0 Å². The molecule has 1 N–H and O–H groups in total. The van der Waals surface area contributed by atoms with Crippen molar-refractivity contribution in [3.63, 3.8) is 0 Å². The fourth-order valence-electron chi connectivity index (χ4n) is 3.59. The number of rotatable bonds is 4. The van der Waals surface area contributed by atoms with Crippen LogP contribution in [0.3, 0.4) is 0 Å². The van der Waals surface area contributed by atoms with Crippen molar-refractivity contribution in [2.24, 2.45) is 0 Å². The van der Waals surface area contributed by atoms with Crippen molar-refractivity contribution < 1.29 is 0 Å². The molecule has 1 aliphatic heterocycles. The molecule has 0 aliphatic carbocycles. The number of hydrogen-bond donors (Lipinski definition) is 1. The van der Waals surface area contributed by atoms with Gasteiger partial charge in [0, 0.05) is 25.0 Å². The smallest absolute Gasteiger partial charge is 0.229 e. The van der Waals surface area contributed by atoms with Gasteiger partial charge in [-0.25, -0.2) is 4.98 Å². The second-order valence-corrected chi connectivity index (χ2v) is 6.77. The summed E-state index contributed by atoms with van der Waals surface area (Å²) >= 11 is 0. The predicted octanol–water partition coefficient (Wildman–Crippen LogP) is 4.65. The molecule has 1 aromatic heterocycles. The fraction of sp³-hybridized carbons (Fsp3) is 0.273. The first-order valence-electron chi connectivity index (χ1n) is 9.25. The number of anilines is 3. The van der Waals surface area contributed by atoms with Gasteiger partial charge in [-0.2, -0.15) is 4.98 Å². The van der Waals surface area contributed by atoms with Gasteiger partial charge in [0.1, 0.15) is 5.82 Å². The largest absolute Gasteiger partial charge is 0.352 e. The summed E-state index contributed by atoms with van der Waals surface area (Å²) in [4.78, 5) is 11.6. The third kappa shape index (κ3) is 3.27. The molecular formula is C22H24N4. The molecule has 4 nitrogen and oxygen atoms in total. The van der Waals surface area contributed by atoms with Crippen molar-refractivity contribution in [3.05, 3.63) is 77.0 Å². The molecule has 0 fully saturated rings. The van der Waals surface area contributed by atoms with Gasteiger partial charge in [-0.3, -0.25) is 0 Å². The van der Waals surface area contributed by atoms with Crippen LogP contribution in [0.15, 0.2) is 54.7 Å². The first kappa shape index (κ1) is 16.6. The highest BCUT2D eigenvalue weighted by molar-refractivity contribution is 5.64. The second kappa shape index (κ2) is 7.16. The van der Waals surface area contributed by atoms with E-state index in [1.165, 1.54) is 22.3 Å². The summed E-state index contributed by atoms with van der Waals surface area (Å²) in [5, 5.41) is 3.44. The van der Waals surface area contributed by atoms with Crippen LogP contribution in [-0.4, -0.2) is 16.5 Å². The van der Waals surface area contributed by atoms with Crippen molar-refractivity contribution in [2.45, 2.75) is 33.2 Å². The third-order valence-corrected chi connectivity index (χ3v) is 5.07. The minimum Gasteiger partial charge on any atom is -0.352 e. The van der Waals surface area contributed by atoms with Gasteiger partial charge in [0.25, 0.3) is 0 Å². The average Bonchev–Trinajstić information content (AvgIpc) is 2.69. The molecule has 0 bridgehead atoms. The summed E-state index contributed by atoms with van der Waals surface area (Å²) < 4.78 is 0. The molecule has 0 saturated heterocycles. The van der Waals surface area contributed by atoms with Gasteiger partial charge in [0.15, 0.2) is 0 Å². The normalized spacial score (nSPS) is 13.4. The zero-order valence-electron chi connectivity index (χ0n) is 15.4. The minimum absolute atomic E-state index is 0.658. The van der Waals surface area contributed by atoms with Crippen LogP contribution >= 0.6 is 0 Å². The van der Waals surface area contributed by atoms with Crippen LogP contribution in [0.4, 0.5) is 17.5 Å². The van der Waals surface area contributed by atoms with Crippen LogP contribution < -0.4 is 10.2 Å². The van der Waals surface area contributed by atoms with E-state index in [1.54, 1.807) is 0 Å². The molecule has 0 radical (unpaired) electrons. The summed E-state index contributed by atoms with van der Waals surface area (Å²) in [5.41, 5.74) is 6.45. The van der Waals surface area contributed by atoms with E-state index in [-0.39, 0.29) is 0 Å². The van der Waals surface area contributed by atoms with Crippen molar-refractivity contribution in [2.75, 3.05) is 16.8 Å². The minimum atomic E-state index is 0.658. The summed E-state index contributed by atoms with van der Waals surface area (Å²) in [5.74, 6) is 1.63. The van der Waals surface area contributed by atoms with Gasteiger partial charge in [0.05, 0.1) is 0 Å². The Morgan fingerprint density at radius 3 is 2.73 bits per heavy atom. The topological polar surface area (TPSA) is 41.1 Å². The van der Waals surface area contributed by atoms with Crippen molar-refractivity contribution in [1.82, 2.24) is 9.97 Å². The lowest BCUT2D eigenvalue weighted by atomic mass is 10.00. The molecular weight excluding hydrogens is 320 g/mol. The number of aryl methyl sites for hydroxylation is 2. The zero-order chi connectivity index (χ0) is 17.9. The van der Waals surface area contributed by atoms with Gasteiger partial charge in [-0.05, 0) is 48.1 Å². The lowest BCUT2D eigenvalue weighted by molar-refractivity contribution is 0.720. The molecule has 4 heteroatoms. The highest BCUT2D eigenvalue weighted by Crippen LogP contribution is 2.26. The Bertz CT molecular complexity index is 920. The maximum Gasteiger partial charge on any atom is 0.229 e. The van der Waals surface area contributed by atoms with E-state index in [0.717, 1.165) is 37.4 Å². The molecule has 26 heavy (non-hydrogen) atoms. The van der Waals surface area contributed by atoms with Crippen LogP contribution in [0.25, 0.3) is 0 Å². The van der Waals surface area contributed by atoms with Crippen LogP contribution in [0.1, 0.15) is 29.2 Å². The Labute approximate surface area is 154 Å². The highest BCUT2D eigenvalue weighted by Gasteiger charge is 2.17. The number of fused-ring (bicyclic) bond motifs is 1. The van der Waals surface area contributed by atoms with Crippen LogP contribution in [0.5, 0.6) is 0 Å². The summed E-state index contributed by atoms with van der Waals surface area (Å²) in [6.45, 7) is 6.17. The quantitative estimate of drug-likeness (QED) is 0.748. The molecule has 2 aromatic carbocycles. The lowest BCUT2D eigenvalue weighted by Crippen LogP contribution is -2.31. The average molecular weight is 344 g/mol. The molecule has 0 saturated carbocycles. The number of aromatic nitrogens is 2. The number of benzene rings is 2. The van der Waals surface area contributed by atoms with E-state index in [9.17, 15) is 0 Å². The molecule has 2 heterocycles. The third-order valence-electron chi connectivity index (χ3n) is 5.07. The summed E-state index contributed by atoms with van der Waals surface area (Å²) in [6.07, 6.45) is 3.88. The monoisotopic (exact) mass is 344 g/mol. The summed E-state index contributed by atoms with van der Waals surface area (Å²) in [6, 6.07) is 17.0. The van der Waals surface area contributed by atoms with Gasteiger partial charge in [0.2, 0.25) is 5.95 Å². The van der Waals surface area contributed by atoms with Crippen LogP contribution in [0.2, 0.25) is 0 Å².